The summed E-state index contributed by atoms with van der Waals surface area (Å²) >= 11 is 0. The smallest absolute Gasteiger partial charge is 0.193 e. The van der Waals surface area contributed by atoms with Crippen LogP contribution in [0.2, 0.25) is 0 Å². The van der Waals surface area contributed by atoms with E-state index in [2.05, 4.69) is 53.3 Å². The van der Waals surface area contributed by atoms with E-state index in [-0.39, 0.29) is 29.4 Å². The van der Waals surface area contributed by atoms with E-state index in [0.717, 1.165) is 32.3 Å². The van der Waals surface area contributed by atoms with E-state index in [9.17, 15) is 0 Å². The number of halogens is 1. The fraction of sp³-hybridized carbons (Fsp3) is 0.696. The molecule has 2 heterocycles. The fourth-order valence-electron chi connectivity index (χ4n) is 5.33. The topological polar surface area (TPSA) is 46.1 Å². The molecule has 1 aliphatic carbocycles. The van der Waals surface area contributed by atoms with Crippen LogP contribution in [0.1, 0.15) is 38.7 Å². The molecule has 4 atom stereocenters. The minimum absolute atomic E-state index is 0. The highest BCUT2D eigenvalue weighted by Gasteiger charge is 2.58. The summed E-state index contributed by atoms with van der Waals surface area (Å²) in [5.74, 6) is 2.24. The Morgan fingerprint density at radius 2 is 2.07 bits per heavy atom. The molecule has 1 aromatic rings. The van der Waals surface area contributed by atoms with Gasteiger partial charge in [-0.1, -0.05) is 44.2 Å². The molecule has 6 heteroatoms. The van der Waals surface area contributed by atoms with Crippen molar-refractivity contribution in [1.29, 1.82) is 0 Å². The Balaban J connectivity index is 0.00000240. The lowest BCUT2D eigenvalue weighted by atomic mass is 9.55. The van der Waals surface area contributed by atoms with Crippen molar-refractivity contribution in [3.05, 3.63) is 35.9 Å². The van der Waals surface area contributed by atoms with Crippen molar-refractivity contribution >= 4 is 29.9 Å². The second kappa shape index (κ2) is 9.96. The Labute approximate surface area is 192 Å². The molecule has 1 saturated carbocycles. The number of nitrogens with one attached hydrogen (secondary N) is 1. The first-order chi connectivity index (χ1) is 13.6. The van der Waals surface area contributed by atoms with Crippen LogP contribution in [0.25, 0.3) is 0 Å². The molecule has 4 unspecified atom stereocenters. The molecule has 4 rings (SSSR count). The van der Waals surface area contributed by atoms with Gasteiger partial charge in [-0.05, 0) is 24.8 Å². The number of likely N-dealkylation sites (tertiary alicyclic amines) is 1. The number of rotatable bonds is 5. The van der Waals surface area contributed by atoms with E-state index in [0.29, 0.717) is 30.6 Å². The predicted octanol–water partition coefficient (Wildman–Crippen LogP) is 3.92. The number of nitrogens with zero attached hydrogens (tertiary/aromatic N) is 2. The number of hydrogen-bond donors (Lipinski definition) is 1. The van der Waals surface area contributed by atoms with Crippen LogP contribution >= 0.6 is 24.0 Å². The van der Waals surface area contributed by atoms with Gasteiger partial charge in [0.1, 0.15) is 0 Å². The lowest BCUT2D eigenvalue weighted by molar-refractivity contribution is -0.188. The first kappa shape index (κ1) is 22.8. The summed E-state index contributed by atoms with van der Waals surface area (Å²) in [7, 11) is 1.90. The highest BCUT2D eigenvalue weighted by molar-refractivity contribution is 14.0. The minimum atomic E-state index is 0. The second-order valence-electron chi connectivity index (χ2n) is 9.19. The summed E-state index contributed by atoms with van der Waals surface area (Å²) in [6.07, 6.45) is 4.00. The highest BCUT2D eigenvalue weighted by atomic mass is 127. The molecule has 0 bridgehead atoms. The molecule has 5 nitrogen and oxygen atoms in total. The molecule has 0 spiro atoms. The number of aliphatic imine (C=N–C) groups is 1. The van der Waals surface area contributed by atoms with E-state index < -0.39 is 0 Å². The first-order valence-electron chi connectivity index (χ1n) is 10.8. The molecule has 0 radical (unpaired) electrons. The molecular formula is C23H36IN3O2. The molecule has 2 aliphatic heterocycles. The maximum Gasteiger partial charge on any atom is 0.193 e. The summed E-state index contributed by atoms with van der Waals surface area (Å²) in [5, 5.41) is 3.79. The Kier molecular flexibility index (Phi) is 7.84. The summed E-state index contributed by atoms with van der Waals surface area (Å²) in [4.78, 5) is 7.01. The number of benzene rings is 1. The molecule has 3 aliphatic rings. The van der Waals surface area contributed by atoms with E-state index in [4.69, 9.17) is 9.47 Å². The fourth-order valence-corrected chi connectivity index (χ4v) is 5.33. The lowest BCUT2D eigenvalue weighted by Gasteiger charge is -2.60. The van der Waals surface area contributed by atoms with Crippen LogP contribution in [-0.2, 0) is 16.1 Å². The molecule has 162 valence electrons. The van der Waals surface area contributed by atoms with Crippen molar-refractivity contribution in [3.63, 3.8) is 0 Å². The lowest BCUT2D eigenvalue weighted by Crippen LogP contribution is -2.71. The van der Waals surface area contributed by atoms with Gasteiger partial charge in [0.05, 0.1) is 19.3 Å². The van der Waals surface area contributed by atoms with E-state index in [1.165, 1.54) is 24.8 Å². The Bertz CT molecular complexity index is 682. The van der Waals surface area contributed by atoms with Crippen LogP contribution in [0, 0.1) is 17.3 Å². The quantitative estimate of drug-likeness (QED) is 0.369. The third kappa shape index (κ3) is 4.90. The van der Waals surface area contributed by atoms with Crippen molar-refractivity contribution in [2.24, 2.45) is 22.2 Å². The van der Waals surface area contributed by atoms with Crippen LogP contribution in [0.4, 0.5) is 0 Å². The zero-order valence-electron chi connectivity index (χ0n) is 18.0. The minimum Gasteiger partial charge on any atom is -0.377 e. The van der Waals surface area contributed by atoms with Gasteiger partial charge in [0.2, 0.25) is 0 Å². The highest BCUT2D eigenvalue weighted by Crippen LogP contribution is 2.51. The summed E-state index contributed by atoms with van der Waals surface area (Å²) in [5.41, 5.74) is 1.41. The van der Waals surface area contributed by atoms with E-state index in [1.54, 1.807) is 0 Å². The van der Waals surface area contributed by atoms with Gasteiger partial charge < -0.3 is 19.7 Å². The van der Waals surface area contributed by atoms with Gasteiger partial charge in [0.15, 0.2) is 5.96 Å². The van der Waals surface area contributed by atoms with Crippen LogP contribution in [0.3, 0.4) is 0 Å². The monoisotopic (exact) mass is 513 g/mol. The van der Waals surface area contributed by atoms with E-state index in [1.807, 2.05) is 13.1 Å². The Morgan fingerprint density at radius 1 is 1.28 bits per heavy atom. The average Bonchev–Trinajstić information content (AvgIpc) is 3.18. The number of fused-ring (bicyclic) bond motifs is 1. The molecular weight excluding hydrogens is 477 g/mol. The predicted molar refractivity (Wildman–Crippen MR) is 128 cm³/mol. The molecule has 2 saturated heterocycles. The summed E-state index contributed by atoms with van der Waals surface area (Å²) in [6.45, 7) is 9.16. The molecule has 3 fully saturated rings. The average molecular weight is 513 g/mol. The van der Waals surface area contributed by atoms with Crippen molar-refractivity contribution in [2.75, 3.05) is 33.4 Å². The largest absolute Gasteiger partial charge is 0.377 e. The zero-order chi connectivity index (χ0) is 19.6. The molecule has 29 heavy (non-hydrogen) atoms. The van der Waals surface area contributed by atoms with Gasteiger partial charge in [0, 0.05) is 50.0 Å². The van der Waals surface area contributed by atoms with Gasteiger partial charge in [0.25, 0.3) is 0 Å². The third-order valence-corrected chi connectivity index (χ3v) is 6.88. The maximum atomic E-state index is 6.05. The molecule has 0 amide bonds. The molecule has 1 aromatic carbocycles. The van der Waals surface area contributed by atoms with Gasteiger partial charge >= 0.3 is 0 Å². The van der Waals surface area contributed by atoms with Crippen molar-refractivity contribution in [1.82, 2.24) is 10.2 Å². The van der Waals surface area contributed by atoms with Crippen LogP contribution in [0.15, 0.2) is 35.3 Å². The van der Waals surface area contributed by atoms with Crippen molar-refractivity contribution in [2.45, 2.75) is 51.9 Å². The van der Waals surface area contributed by atoms with Gasteiger partial charge in [-0.2, -0.15) is 0 Å². The van der Waals surface area contributed by atoms with Crippen LogP contribution in [-0.4, -0.2) is 56.4 Å². The van der Waals surface area contributed by atoms with Gasteiger partial charge in [-0.3, -0.25) is 4.99 Å². The zero-order valence-corrected chi connectivity index (χ0v) is 20.3. The first-order valence-corrected chi connectivity index (χ1v) is 10.8. The number of ether oxygens (including phenoxy) is 2. The number of guanidine groups is 1. The van der Waals surface area contributed by atoms with Gasteiger partial charge in [-0.25, -0.2) is 0 Å². The van der Waals surface area contributed by atoms with Crippen LogP contribution in [0.5, 0.6) is 0 Å². The Hall–Kier alpha value is -0.860. The standard InChI is InChI=1S/C23H35N3O2.HI/c1-23(2)20(19-10-7-13-28-21(19)23)25-22(24-3)26-12-11-18(14-26)16-27-15-17-8-5-4-6-9-17;/h4-6,8-9,18-21H,7,10-16H2,1-3H3,(H,24,25);1H. The van der Waals surface area contributed by atoms with Crippen molar-refractivity contribution < 1.29 is 9.47 Å². The van der Waals surface area contributed by atoms with E-state index >= 15 is 0 Å². The van der Waals surface area contributed by atoms with Crippen molar-refractivity contribution in [3.8, 4) is 0 Å². The maximum absolute atomic E-state index is 6.05. The second-order valence-corrected chi connectivity index (χ2v) is 9.19. The Morgan fingerprint density at radius 3 is 2.83 bits per heavy atom. The molecule has 0 aromatic heterocycles. The van der Waals surface area contributed by atoms with Crippen LogP contribution < -0.4 is 5.32 Å². The molecule has 1 N–H and O–H groups in total. The summed E-state index contributed by atoms with van der Waals surface area (Å²) < 4.78 is 12.0. The SMILES string of the molecule is CN=C(NC1C2CCCOC2C1(C)C)N1CCC(COCc2ccccc2)C1.I. The normalized spacial score (nSPS) is 30.9. The summed E-state index contributed by atoms with van der Waals surface area (Å²) in [6, 6.07) is 10.9. The number of hydrogen-bond acceptors (Lipinski definition) is 3. The van der Waals surface area contributed by atoms with Gasteiger partial charge in [-0.15, -0.1) is 24.0 Å². The third-order valence-electron chi connectivity index (χ3n) is 6.88.